The second-order valence-corrected chi connectivity index (χ2v) is 10.5. The van der Waals surface area contributed by atoms with Crippen molar-refractivity contribution in [1.82, 2.24) is 4.98 Å². The standard InChI is InChI=1S/C31H30N2O5S/c1-5-15-38-23-14-12-21(17-24(23)37-6-2)27-26(28(34)20-10-7-18(3)8-11-20)29(35)30(36)33(27)31-32-22-13-9-19(4)16-25(22)39-31/h7-14,16-17,27,34H,5-6,15H2,1-4H3. The number of anilines is 1. The van der Waals surface area contributed by atoms with Crippen LogP contribution < -0.4 is 14.4 Å². The molecular formula is C31H30N2O5S. The second-order valence-electron chi connectivity index (χ2n) is 9.49. The quantitative estimate of drug-likeness (QED) is 0.151. The number of rotatable bonds is 8. The maximum atomic E-state index is 13.6. The third-order valence-corrected chi connectivity index (χ3v) is 7.57. The van der Waals surface area contributed by atoms with Crippen LogP contribution in [0.5, 0.6) is 11.5 Å². The van der Waals surface area contributed by atoms with E-state index in [0.717, 1.165) is 27.8 Å². The minimum Gasteiger partial charge on any atom is -0.507 e. The number of thiazole rings is 1. The third-order valence-electron chi connectivity index (χ3n) is 6.55. The van der Waals surface area contributed by atoms with Crippen LogP contribution in [0.3, 0.4) is 0 Å². The topological polar surface area (TPSA) is 89.0 Å². The number of Topliss-reactive ketones (excluding diaryl/α,β-unsaturated/α-hetero) is 1. The third kappa shape index (κ3) is 5.00. The highest BCUT2D eigenvalue weighted by molar-refractivity contribution is 7.22. The van der Waals surface area contributed by atoms with Crippen LogP contribution in [0.15, 0.2) is 66.2 Å². The van der Waals surface area contributed by atoms with E-state index < -0.39 is 17.7 Å². The van der Waals surface area contributed by atoms with Gasteiger partial charge >= 0.3 is 5.91 Å². The Hall–Kier alpha value is -4.17. The van der Waals surface area contributed by atoms with E-state index in [1.807, 2.05) is 58.0 Å². The lowest BCUT2D eigenvalue weighted by molar-refractivity contribution is -0.132. The van der Waals surface area contributed by atoms with Crippen LogP contribution in [0.4, 0.5) is 5.13 Å². The summed E-state index contributed by atoms with van der Waals surface area (Å²) in [5.41, 5.74) is 3.88. The zero-order valence-electron chi connectivity index (χ0n) is 22.4. The number of aliphatic hydroxyl groups is 1. The largest absolute Gasteiger partial charge is 0.507 e. The van der Waals surface area contributed by atoms with Crippen molar-refractivity contribution in [3.8, 4) is 11.5 Å². The minimum absolute atomic E-state index is 0.00367. The van der Waals surface area contributed by atoms with Gasteiger partial charge in [-0.2, -0.15) is 0 Å². The van der Waals surface area contributed by atoms with E-state index in [-0.39, 0.29) is 11.3 Å². The Bertz CT molecular complexity index is 1590. The molecule has 4 aromatic rings. The SMILES string of the molecule is CCCOc1ccc(C2C(=C(O)c3ccc(C)cc3)C(=O)C(=O)N2c2nc3ccc(C)cc3s2)cc1OCC. The van der Waals surface area contributed by atoms with Gasteiger partial charge in [-0.25, -0.2) is 4.98 Å². The van der Waals surface area contributed by atoms with Gasteiger partial charge in [-0.15, -0.1) is 0 Å². The highest BCUT2D eigenvalue weighted by Crippen LogP contribution is 2.46. The van der Waals surface area contributed by atoms with Crippen molar-refractivity contribution in [2.45, 2.75) is 40.2 Å². The lowest BCUT2D eigenvalue weighted by Gasteiger charge is -2.24. The number of aliphatic hydroxyl groups excluding tert-OH is 1. The summed E-state index contributed by atoms with van der Waals surface area (Å²) in [6, 6.07) is 17.5. The molecule has 1 saturated heterocycles. The predicted molar refractivity (Wildman–Crippen MR) is 154 cm³/mol. The zero-order valence-corrected chi connectivity index (χ0v) is 23.2. The molecule has 39 heavy (non-hydrogen) atoms. The van der Waals surface area contributed by atoms with Crippen LogP contribution in [0.25, 0.3) is 16.0 Å². The summed E-state index contributed by atoms with van der Waals surface area (Å²) >= 11 is 1.33. The van der Waals surface area contributed by atoms with Crippen LogP contribution in [0.2, 0.25) is 0 Å². The Labute approximate surface area is 231 Å². The first-order chi connectivity index (χ1) is 18.8. The van der Waals surface area contributed by atoms with Gasteiger partial charge in [-0.3, -0.25) is 14.5 Å². The van der Waals surface area contributed by atoms with Crippen molar-refractivity contribution >= 4 is 44.1 Å². The first kappa shape index (κ1) is 26.4. The van der Waals surface area contributed by atoms with Gasteiger partial charge in [0.05, 0.1) is 35.0 Å². The van der Waals surface area contributed by atoms with Crippen molar-refractivity contribution in [3.05, 3.63) is 88.5 Å². The molecular weight excluding hydrogens is 512 g/mol. The molecule has 7 nitrogen and oxygen atoms in total. The molecule has 0 aliphatic carbocycles. The number of hydrogen-bond acceptors (Lipinski definition) is 7. The molecule has 1 aliphatic rings. The number of nitrogens with zero attached hydrogens (tertiary/aromatic N) is 2. The van der Waals surface area contributed by atoms with Gasteiger partial charge in [0.1, 0.15) is 5.76 Å². The van der Waals surface area contributed by atoms with Gasteiger partial charge in [-0.05, 0) is 62.6 Å². The summed E-state index contributed by atoms with van der Waals surface area (Å²) in [6.07, 6.45) is 0.834. The molecule has 2 heterocycles. The van der Waals surface area contributed by atoms with Crippen LogP contribution in [0, 0.1) is 13.8 Å². The molecule has 200 valence electrons. The van der Waals surface area contributed by atoms with Crippen molar-refractivity contribution in [1.29, 1.82) is 0 Å². The van der Waals surface area contributed by atoms with E-state index in [1.165, 1.54) is 16.2 Å². The average molecular weight is 543 g/mol. The Morgan fingerprint density at radius 1 is 0.949 bits per heavy atom. The summed E-state index contributed by atoms with van der Waals surface area (Å²) in [4.78, 5) is 33.2. The van der Waals surface area contributed by atoms with Crippen LogP contribution in [-0.4, -0.2) is 35.0 Å². The van der Waals surface area contributed by atoms with Crippen molar-refractivity contribution < 1.29 is 24.2 Å². The molecule has 1 aromatic heterocycles. The number of ketones is 1. The predicted octanol–water partition coefficient (Wildman–Crippen LogP) is 6.73. The monoisotopic (exact) mass is 542 g/mol. The minimum atomic E-state index is -0.910. The number of carbonyl (C=O) groups is 2. The first-order valence-electron chi connectivity index (χ1n) is 13.0. The molecule has 0 bridgehead atoms. The van der Waals surface area contributed by atoms with Gasteiger partial charge in [0.15, 0.2) is 16.6 Å². The number of fused-ring (bicyclic) bond motifs is 1. The summed E-state index contributed by atoms with van der Waals surface area (Å²) in [5.74, 6) is -0.661. The molecule has 0 saturated carbocycles. The Balaban J connectivity index is 1.71. The van der Waals surface area contributed by atoms with Gasteiger partial charge in [0.25, 0.3) is 5.78 Å². The molecule has 1 atom stereocenters. The van der Waals surface area contributed by atoms with Crippen molar-refractivity contribution in [2.24, 2.45) is 0 Å². The van der Waals surface area contributed by atoms with Crippen LogP contribution in [0.1, 0.15) is 48.6 Å². The maximum absolute atomic E-state index is 13.6. The van der Waals surface area contributed by atoms with Gasteiger partial charge in [0, 0.05) is 5.56 Å². The summed E-state index contributed by atoms with van der Waals surface area (Å²) in [7, 11) is 0. The van der Waals surface area contributed by atoms with Gasteiger partial charge in [0.2, 0.25) is 0 Å². The van der Waals surface area contributed by atoms with Crippen LogP contribution >= 0.6 is 11.3 Å². The van der Waals surface area contributed by atoms with Crippen molar-refractivity contribution in [2.75, 3.05) is 18.1 Å². The fourth-order valence-corrected chi connectivity index (χ4v) is 5.72. The van der Waals surface area contributed by atoms with E-state index in [0.29, 0.717) is 41.0 Å². The summed E-state index contributed by atoms with van der Waals surface area (Å²) in [5, 5.41) is 11.8. The fourth-order valence-electron chi connectivity index (χ4n) is 4.63. The number of amides is 1. The summed E-state index contributed by atoms with van der Waals surface area (Å²) < 4.78 is 12.7. The maximum Gasteiger partial charge on any atom is 0.301 e. The van der Waals surface area contributed by atoms with E-state index in [9.17, 15) is 14.7 Å². The Morgan fingerprint density at radius 3 is 2.41 bits per heavy atom. The number of benzene rings is 3. The highest BCUT2D eigenvalue weighted by atomic mass is 32.1. The number of ether oxygens (including phenoxy) is 2. The molecule has 0 radical (unpaired) electrons. The lowest BCUT2D eigenvalue weighted by atomic mass is 9.95. The Kier molecular flexibility index (Phi) is 7.39. The average Bonchev–Trinajstić information content (AvgIpc) is 3.45. The Morgan fingerprint density at radius 2 is 1.69 bits per heavy atom. The second kappa shape index (κ2) is 10.9. The molecule has 0 spiro atoms. The van der Waals surface area contributed by atoms with E-state index in [2.05, 4.69) is 0 Å². The molecule has 1 fully saturated rings. The number of aromatic nitrogens is 1. The number of aryl methyl sites for hydroxylation is 2. The van der Waals surface area contributed by atoms with E-state index >= 15 is 0 Å². The number of carbonyl (C=O) groups excluding carboxylic acids is 2. The van der Waals surface area contributed by atoms with Gasteiger partial charge in [-0.1, -0.05) is 60.2 Å². The molecule has 1 unspecified atom stereocenters. The molecule has 1 aliphatic heterocycles. The highest BCUT2D eigenvalue weighted by Gasteiger charge is 2.48. The lowest BCUT2D eigenvalue weighted by Crippen LogP contribution is -2.29. The normalized spacial score (nSPS) is 16.7. The number of hydrogen-bond donors (Lipinski definition) is 1. The molecule has 8 heteroatoms. The summed E-state index contributed by atoms with van der Waals surface area (Å²) in [6.45, 7) is 8.76. The molecule has 3 aromatic carbocycles. The van der Waals surface area contributed by atoms with Gasteiger partial charge < -0.3 is 14.6 Å². The smallest absolute Gasteiger partial charge is 0.301 e. The fraction of sp³-hybridized carbons (Fsp3) is 0.258. The first-order valence-corrected chi connectivity index (χ1v) is 13.8. The van der Waals surface area contributed by atoms with E-state index in [1.54, 1.807) is 30.3 Å². The van der Waals surface area contributed by atoms with E-state index in [4.69, 9.17) is 14.5 Å². The molecule has 1 N–H and O–H groups in total. The zero-order chi connectivity index (χ0) is 27.7. The van der Waals surface area contributed by atoms with Crippen LogP contribution in [-0.2, 0) is 9.59 Å². The van der Waals surface area contributed by atoms with Crippen molar-refractivity contribution in [3.63, 3.8) is 0 Å². The molecule has 5 rings (SSSR count). The molecule has 1 amide bonds.